The predicted molar refractivity (Wildman–Crippen MR) is 72.4 cm³/mol. The second-order valence-corrected chi connectivity index (χ2v) is 5.31. The van der Waals surface area contributed by atoms with E-state index in [2.05, 4.69) is 4.98 Å². The smallest absolute Gasteiger partial charge is 0.309 e. The highest BCUT2D eigenvalue weighted by Crippen LogP contribution is 2.26. The number of methoxy groups -OCH3 is 1. The van der Waals surface area contributed by atoms with E-state index in [1.54, 1.807) is 21.0 Å². The number of nitrogens with zero attached hydrogens (tertiary/aromatic N) is 2. The van der Waals surface area contributed by atoms with Crippen molar-refractivity contribution < 1.29 is 14.6 Å². The molecule has 0 spiro atoms. The lowest BCUT2D eigenvalue weighted by Gasteiger charge is -2.18. The summed E-state index contributed by atoms with van der Waals surface area (Å²) in [6, 6.07) is 5.65. The molecule has 0 bridgehead atoms. The molecular weight excluding hydrogens is 244 g/mol. The van der Waals surface area contributed by atoms with Gasteiger partial charge in [-0.3, -0.25) is 4.79 Å². The van der Waals surface area contributed by atoms with Gasteiger partial charge in [0.25, 0.3) is 0 Å². The lowest BCUT2D eigenvalue weighted by Crippen LogP contribution is -2.27. The zero-order chi connectivity index (χ0) is 14.2. The Bertz CT molecular complexity index is 629. The maximum absolute atomic E-state index is 11.2. The summed E-state index contributed by atoms with van der Waals surface area (Å²) in [5.41, 5.74) is 0.953. The molecule has 0 radical (unpaired) electrons. The van der Waals surface area contributed by atoms with E-state index in [9.17, 15) is 9.90 Å². The van der Waals surface area contributed by atoms with E-state index in [1.165, 1.54) is 0 Å². The highest BCUT2D eigenvalue weighted by Gasteiger charge is 2.29. The Hall–Kier alpha value is -2.04. The molecule has 1 heterocycles. The SMILES string of the molecule is COc1ccc2c(c1)nc(CC(C)(C)C(=O)O)n2C. The first-order valence-electron chi connectivity index (χ1n) is 6.08. The van der Waals surface area contributed by atoms with Crippen LogP contribution in [-0.4, -0.2) is 27.7 Å². The Morgan fingerprint density at radius 2 is 2.16 bits per heavy atom. The highest BCUT2D eigenvalue weighted by atomic mass is 16.5. The number of carbonyl (C=O) groups is 1. The molecule has 19 heavy (non-hydrogen) atoms. The standard InChI is InChI=1S/C14H18N2O3/c1-14(2,13(17)18)8-12-15-10-7-9(19-4)5-6-11(10)16(12)3/h5-7H,8H2,1-4H3,(H,17,18). The quantitative estimate of drug-likeness (QED) is 0.917. The van der Waals surface area contributed by atoms with Crippen LogP contribution in [0.5, 0.6) is 5.75 Å². The molecule has 0 aliphatic rings. The van der Waals surface area contributed by atoms with E-state index in [4.69, 9.17) is 4.74 Å². The summed E-state index contributed by atoms with van der Waals surface area (Å²) in [4.78, 5) is 15.7. The third-order valence-corrected chi connectivity index (χ3v) is 3.36. The monoisotopic (exact) mass is 262 g/mol. The minimum absolute atomic E-state index is 0.385. The third kappa shape index (κ3) is 2.41. The number of rotatable bonds is 4. The van der Waals surface area contributed by atoms with Gasteiger partial charge in [0.05, 0.1) is 23.6 Å². The van der Waals surface area contributed by atoms with Gasteiger partial charge < -0.3 is 14.4 Å². The minimum atomic E-state index is -0.834. The maximum Gasteiger partial charge on any atom is 0.309 e. The molecular formula is C14H18N2O3. The van der Waals surface area contributed by atoms with Gasteiger partial charge in [-0.05, 0) is 26.0 Å². The van der Waals surface area contributed by atoms with Crippen LogP contribution in [0.4, 0.5) is 0 Å². The molecule has 0 aliphatic heterocycles. The Labute approximate surface area is 111 Å². The molecule has 2 rings (SSSR count). The summed E-state index contributed by atoms with van der Waals surface area (Å²) < 4.78 is 7.10. The number of carboxylic acid groups (broad SMARTS) is 1. The average Bonchev–Trinajstić information content (AvgIpc) is 2.65. The van der Waals surface area contributed by atoms with Crippen LogP contribution in [0.1, 0.15) is 19.7 Å². The summed E-state index contributed by atoms with van der Waals surface area (Å²) in [7, 11) is 3.51. The van der Waals surface area contributed by atoms with Crippen molar-refractivity contribution in [1.29, 1.82) is 0 Å². The van der Waals surface area contributed by atoms with Crippen molar-refractivity contribution in [3.05, 3.63) is 24.0 Å². The number of ether oxygens (including phenoxy) is 1. The molecule has 1 aromatic heterocycles. The fourth-order valence-electron chi connectivity index (χ4n) is 1.99. The van der Waals surface area contributed by atoms with Gasteiger partial charge in [0, 0.05) is 19.5 Å². The zero-order valence-corrected chi connectivity index (χ0v) is 11.6. The second-order valence-electron chi connectivity index (χ2n) is 5.31. The van der Waals surface area contributed by atoms with Crippen molar-refractivity contribution in [2.45, 2.75) is 20.3 Å². The first-order chi connectivity index (χ1) is 8.85. The number of aryl methyl sites for hydroxylation is 1. The first kappa shape index (κ1) is 13.4. The lowest BCUT2D eigenvalue weighted by molar-refractivity contribution is -0.146. The number of hydrogen-bond acceptors (Lipinski definition) is 3. The molecule has 0 atom stereocenters. The van der Waals surface area contributed by atoms with Crippen molar-refractivity contribution in [2.24, 2.45) is 12.5 Å². The topological polar surface area (TPSA) is 64.3 Å². The van der Waals surface area contributed by atoms with Crippen molar-refractivity contribution >= 4 is 17.0 Å². The van der Waals surface area contributed by atoms with Crippen LogP contribution in [0, 0.1) is 5.41 Å². The normalized spacial score (nSPS) is 11.8. The fourth-order valence-corrected chi connectivity index (χ4v) is 1.99. The van der Waals surface area contributed by atoms with Gasteiger partial charge in [-0.25, -0.2) is 4.98 Å². The van der Waals surface area contributed by atoms with Gasteiger partial charge in [0.15, 0.2) is 0 Å². The van der Waals surface area contributed by atoms with Crippen molar-refractivity contribution in [3.8, 4) is 5.75 Å². The fraction of sp³-hybridized carbons (Fsp3) is 0.429. The van der Waals surface area contributed by atoms with Gasteiger partial charge in [-0.1, -0.05) is 0 Å². The van der Waals surface area contributed by atoms with E-state index >= 15 is 0 Å². The summed E-state index contributed by atoms with van der Waals surface area (Å²) in [5.74, 6) is 0.683. The van der Waals surface area contributed by atoms with E-state index in [0.29, 0.717) is 6.42 Å². The molecule has 1 aromatic carbocycles. The number of imidazole rings is 1. The average molecular weight is 262 g/mol. The van der Waals surface area contributed by atoms with Gasteiger partial charge in [0.1, 0.15) is 11.6 Å². The number of fused-ring (bicyclic) bond motifs is 1. The molecule has 5 nitrogen and oxygen atoms in total. The Morgan fingerprint density at radius 1 is 1.47 bits per heavy atom. The van der Waals surface area contributed by atoms with Gasteiger partial charge in [-0.15, -0.1) is 0 Å². The summed E-state index contributed by atoms with van der Waals surface area (Å²) >= 11 is 0. The molecule has 0 saturated carbocycles. The number of aliphatic carboxylic acids is 1. The van der Waals surface area contributed by atoms with Crippen LogP contribution in [0.3, 0.4) is 0 Å². The molecule has 0 unspecified atom stereocenters. The van der Waals surface area contributed by atoms with E-state index < -0.39 is 11.4 Å². The van der Waals surface area contributed by atoms with Crippen LogP contribution < -0.4 is 4.74 Å². The van der Waals surface area contributed by atoms with Crippen LogP contribution >= 0.6 is 0 Å². The Balaban J connectivity index is 2.45. The van der Waals surface area contributed by atoms with Crippen LogP contribution in [-0.2, 0) is 18.3 Å². The van der Waals surface area contributed by atoms with Crippen LogP contribution in [0.25, 0.3) is 11.0 Å². The first-order valence-corrected chi connectivity index (χ1v) is 6.08. The van der Waals surface area contributed by atoms with Crippen molar-refractivity contribution in [3.63, 3.8) is 0 Å². The summed E-state index contributed by atoms with van der Waals surface area (Å²) in [6.45, 7) is 3.41. The summed E-state index contributed by atoms with van der Waals surface area (Å²) in [6.07, 6.45) is 0.385. The van der Waals surface area contributed by atoms with Crippen molar-refractivity contribution in [2.75, 3.05) is 7.11 Å². The molecule has 0 saturated heterocycles. The minimum Gasteiger partial charge on any atom is -0.497 e. The van der Waals surface area contributed by atoms with Gasteiger partial charge in [0.2, 0.25) is 0 Å². The van der Waals surface area contributed by atoms with E-state index in [1.807, 2.05) is 29.8 Å². The van der Waals surface area contributed by atoms with Crippen molar-refractivity contribution in [1.82, 2.24) is 9.55 Å². The third-order valence-electron chi connectivity index (χ3n) is 3.36. The molecule has 2 aromatic rings. The molecule has 1 N–H and O–H groups in total. The lowest BCUT2D eigenvalue weighted by atomic mass is 9.89. The van der Waals surface area contributed by atoms with Gasteiger partial charge in [-0.2, -0.15) is 0 Å². The van der Waals surface area contributed by atoms with E-state index in [-0.39, 0.29) is 0 Å². The molecule has 0 aliphatic carbocycles. The Kier molecular flexibility index (Phi) is 3.22. The maximum atomic E-state index is 11.2. The van der Waals surface area contributed by atoms with Gasteiger partial charge >= 0.3 is 5.97 Å². The number of hydrogen-bond donors (Lipinski definition) is 1. The zero-order valence-electron chi connectivity index (χ0n) is 11.6. The number of benzene rings is 1. The van der Waals surface area contributed by atoms with E-state index in [0.717, 1.165) is 22.6 Å². The highest BCUT2D eigenvalue weighted by molar-refractivity contribution is 5.78. The number of aromatic nitrogens is 2. The molecule has 0 amide bonds. The number of carboxylic acids is 1. The Morgan fingerprint density at radius 3 is 2.74 bits per heavy atom. The van der Waals surface area contributed by atoms with Crippen LogP contribution in [0.15, 0.2) is 18.2 Å². The van der Waals surface area contributed by atoms with Crippen LogP contribution in [0.2, 0.25) is 0 Å². The molecule has 0 fully saturated rings. The predicted octanol–water partition coefficient (Wildman–Crippen LogP) is 2.24. The molecule has 5 heteroatoms. The largest absolute Gasteiger partial charge is 0.497 e. The second kappa shape index (κ2) is 4.57. The summed E-state index contributed by atoms with van der Waals surface area (Å²) in [5, 5.41) is 9.19. The molecule has 102 valence electrons.